The van der Waals surface area contributed by atoms with E-state index in [0.717, 1.165) is 43.4 Å². The molecule has 118 valence electrons. The summed E-state index contributed by atoms with van der Waals surface area (Å²) in [6.45, 7) is 0. The largest absolute Gasteiger partial charge is 0.481 e. The number of rotatable bonds is 3. The Hall–Kier alpha value is -2.11. The number of carboxylic acids is 1. The quantitative estimate of drug-likeness (QED) is 0.782. The van der Waals surface area contributed by atoms with Crippen LogP contribution in [-0.4, -0.2) is 28.0 Å². The van der Waals surface area contributed by atoms with Crippen LogP contribution in [0.25, 0.3) is 0 Å². The maximum Gasteiger partial charge on any atom is 0.308 e. The van der Waals surface area contributed by atoms with Gasteiger partial charge in [0, 0.05) is 11.7 Å². The van der Waals surface area contributed by atoms with E-state index >= 15 is 0 Å². The number of aliphatic carboxylic acids is 1. The molecule has 1 saturated carbocycles. The molecular weight excluding hydrogens is 284 g/mol. The number of pyridine rings is 1. The third-order valence-corrected chi connectivity index (χ3v) is 4.73. The van der Waals surface area contributed by atoms with Crippen LogP contribution in [0.3, 0.4) is 0 Å². The standard InChI is InChI=1S/C16H20N2O4/c19-14-11(8-9-4-1-2-6-12(9)17-14)15(20)18-13-7-3-5-10(13)16(21)22/h8,10,13H,1-7H2,(H,17,19)(H,18,20)(H,21,22)/t10-,13+/m1/s1. The zero-order valence-electron chi connectivity index (χ0n) is 12.4. The molecule has 1 aromatic rings. The Morgan fingerprint density at radius 2 is 1.95 bits per heavy atom. The van der Waals surface area contributed by atoms with Crippen molar-refractivity contribution in [2.24, 2.45) is 5.92 Å². The van der Waals surface area contributed by atoms with Crippen LogP contribution in [0.15, 0.2) is 10.9 Å². The summed E-state index contributed by atoms with van der Waals surface area (Å²) in [7, 11) is 0. The highest BCUT2D eigenvalue weighted by atomic mass is 16.4. The molecule has 3 N–H and O–H groups in total. The summed E-state index contributed by atoms with van der Waals surface area (Å²) < 4.78 is 0. The summed E-state index contributed by atoms with van der Waals surface area (Å²) >= 11 is 0. The van der Waals surface area contributed by atoms with Gasteiger partial charge in [0.2, 0.25) is 0 Å². The van der Waals surface area contributed by atoms with Crippen LogP contribution in [0.4, 0.5) is 0 Å². The minimum atomic E-state index is -0.887. The van der Waals surface area contributed by atoms with Crippen molar-refractivity contribution in [1.29, 1.82) is 0 Å². The SMILES string of the molecule is O=C(N[C@H]1CCC[C@H]1C(=O)O)c1cc2c([nH]c1=O)CCCC2. The fraction of sp³-hybridized carbons (Fsp3) is 0.562. The molecule has 22 heavy (non-hydrogen) atoms. The van der Waals surface area contributed by atoms with E-state index in [2.05, 4.69) is 10.3 Å². The van der Waals surface area contributed by atoms with Crippen molar-refractivity contribution in [2.45, 2.75) is 51.0 Å². The lowest BCUT2D eigenvalue weighted by molar-refractivity contribution is -0.142. The minimum absolute atomic E-state index is 0.0942. The summed E-state index contributed by atoms with van der Waals surface area (Å²) in [4.78, 5) is 38.4. The number of carbonyl (C=O) groups excluding carboxylic acids is 1. The molecule has 1 fully saturated rings. The maximum atomic E-state index is 12.4. The van der Waals surface area contributed by atoms with Gasteiger partial charge in [0.25, 0.3) is 11.5 Å². The molecule has 0 unspecified atom stereocenters. The lowest BCUT2D eigenvalue weighted by atomic mass is 9.95. The van der Waals surface area contributed by atoms with Gasteiger partial charge in [-0.05, 0) is 50.2 Å². The number of aromatic amines is 1. The van der Waals surface area contributed by atoms with Gasteiger partial charge in [-0.3, -0.25) is 14.4 Å². The van der Waals surface area contributed by atoms with Crippen molar-refractivity contribution >= 4 is 11.9 Å². The summed E-state index contributed by atoms with van der Waals surface area (Å²) in [5.41, 5.74) is 1.66. The van der Waals surface area contributed by atoms with E-state index < -0.39 is 17.8 Å². The van der Waals surface area contributed by atoms with Gasteiger partial charge >= 0.3 is 5.97 Å². The van der Waals surface area contributed by atoms with Crippen molar-refractivity contribution < 1.29 is 14.7 Å². The van der Waals surface area contributed by atoms with E-state index in [4.69, 9.17) is 5.11 Å². The van der Waals surface area contributed by atoms with Gasteiger partial charge in [-0.1, -0.05) is 6.42 Å². The van der Waals surface area contributed by atoms with Gasteiger partial charge in [0.1, 0.15) is 5.56 Å². The highest BCUT2D eigenvalue weighted by molar-refractivity contribution is 5.94. The molecule has 2 atom stereocenters. The van der Waals surface area contributed by atoms with E-state index in [1.54, 1.807) is 6.07 Å². The molecule has 0 spiro atoms. The normalized spacial score (nSPS) is 23.8. The first kappa shape index (κ1) is 14.8. The number of hydrogen-bond acceptors (Lipinski definition) is 3. The van der Waals surface area contributed by atoms with E-state index in [-0.39, 0.29) is 17.2 Å². The fourth-order valence-corrected chi connectivity index (χ4v) is 3.52. The van der Waals surface area contributed by atoms with E-state index in [1.807, 2.05) is 0 Å². The third kappa shape index (κ3) is 2.77. The van der Waals surface area contributed by atoms with Crippen molar-refractivity contribution in [3.8, 4) is 0 Å². The molecule has 2 aliphatic rings. The van der Waals surface area contributed by atoms with E-state index in [1.165, 1.54) is 0 Å². The molecule has 0 aliphatic heterocycles. The smallest absolute Gasteiger partial charge is 0.308 e. The highest BCUT2D eigenvalue weighted by Crippen LogP contribution is 2.26. The first-order chi connectivity index (χ1) is 10.6. The van der Waals surface area contributed by atoms with Crippen LogP contribution in [0, 0.1) is 5.92 Å². The van der Waals surface area contributed by atoms with Gasteiger partial charge in [0.15, 0.2) is 0 Å². The number of aromatic nitrogens is 1. The molecule has 1 aromatic heterocycles. The Labute approximate surface area is 127 Å². The second kappa shape index (κ2) is 5.94. The summed E-state index contributed by atoms with van der Waals surface area (Å²) in [6.07, 6.45) is 5.82. The number of amides is 1. The Morgan fingerprint density at radius 1 is 1.18 bits per heavy atom. The first-order valence-electron chi connectivity index (χ1n) is 7.85. The van der Waals surface area contributed by atoms with Crippen molar-refractivity contribution in [3.05, 3.63) is 33.2 Å². The van der Waals surface area contributed by atoms with Crippen molar-refractivity contribution in [2.75, 3.05) is 0 Å². The molecule has 1 amide bonds. The van der Waals surface area contributed by atoms with E-state index in [9.17, 15) is 14.4 Å². The van der Waals surface area contributed by atoms with Crippen LogP contribution in [0.5, 0.6) is 0 Å². The monoisotopic (exact) mass is 304 g/mol. The molecule has 2 aliphatic carbocycles. The molecule has 1 heterocycles. The third-order valence-electron chi connectivity index (χ3n) is 4.73. The lowest BCUT2D eigenvalue weighted by Crippen LogP contribution is -2.42. The second-order valence-corrected chi connectivity index (χ2v) is 6.18. The molecule has 0 saturated heterocycles. The highest BCUT2D eigenvalue weighted by Gasteiger charge is 2.34. The fourth-order valence-electron chi connectivity index (χ4n) is 3.52. The number of fused-ring (bicyclic) bond motifs is 1. The van der Waals surface area contributed by atoms with Crippen molar-refractivity contribution in [3.63, 3.8) is 0 Å². The lowest BCUT2D eigenvalue weighted by Gasteiger charge is -2.19. The van der Waals surface area contributed by atoms with E-state index in [0.29, 0.717) is 12.8 Å². The average molecular weight is 304 g/mol. The molecular formula is C16H20N2O4. The summed E-state index contributed by atoms with van der Waals surface area (Å²) in [5.74, 6) is -1.91. The van der Waals surface area contributed by atoms with Gasteiger partial charge in [-0.2, -0.15) is 0 Å². The predicted molar refractivity (Wildman–Crippen MR) is 79.9 cm³/mol. The Bertz CT molecular complexity index is 665. The number of aryl methyl sites for hydroxylation is 2. The first-order valence-corrected chi connectivity index (χ1v) is 7.85. The molecule has 0 aromatic carbocycles. The topological polar surface area (TPSA) is 99.3 Å². The molecule has 3 rings (SSSR count). The van der Waals surface area contributed by atoms with Crippen LogP contribution in [0.2, 0.25) is 0 Å². The average Bonchev–Trinajstić information content (AvgIpc) is 2.94. The van der Waals surface area contributed by atoms with Crippen LogP contribution < -0.4 is 10.9 Å². The maximum absolute atomic E-state index is 12.4. The Morgan fingerprint density at radius 3 is 2.73 bits per heavy atom. The minimum Gasteiger partial charge on any atom is -0.481 e. The van der Waals surface area contributed by atoms with Crippen LogP contribution in [0.1, 0.15) is 53.7 Å². The predicted octanol–water partition coefficient (Wildman–Crippen LogP) is 1.24. The zero-order chi connectivity index (χ0) is 15.7. The second-order valence-electron chi connectivity index (χ2n) is 6.18. The number of hydrogen-bond donors (Lipinski definition) is 3. The number of H-pyrrole nitrogens is 1. The molecule has 6 nitrogen and oxygen atoms in total. The van der Waals surface area contributed by atoms with Gasteiger partial charge < -0.3 is 15.4 Å². The molecule has 0 bridgehead atoms. The Kier molecular flexibility index (Phi) is 4.00. The number of nitrogens with one attached hydrogen (secondary N) is 2. The van der Waals surface area contributed by atoms with Crippen LogP contribution >= 0.6 is 0 Å². The van der Waals surface area contributed by atoms with Gasteiger partial charge in [-0.15, -0.1) is 0 Å². The van der Waals surface area contributed by atoms with Crippen molar-refractivity contribution in [1.82, 2.24) is 10.3 Å². The number of carboxylic acid groups (broad SMARTS) is 1. The molecule has 6 heteroatoms. The summed E-state index contributed by atoms with van der Waals surface area (Å²) in [5, 5.41) is 11.9. The number of carbonyl (C=O) groups is 2. The van der Waals surface area contributed by atoms with Gasteiger partial charge in [0.05, 0.1) is 5.92 Å². The Balaban J connectivity index is 1.80. The van der Waals surface area contributed by atoms with Crippen LogP contribution in [-0.2, 0) is 17.6 Å². The molecule has 0 radical (unpaired) electrons. The zero-order valence-corrected chi connectivity index (χ0v) is 12.4. The summed E-state index contributed by atoms with van der Waals surface area (Å²) in [6, 6.07) is 1.29. The van der Waals surface area contributed by atoms with Gasteiger partial charge in [-0.25, -0.2) is 0 Å².